The Labute approximate surface area is 111 Å². The average molecular weight is 302 g/mol. The van der Waals surface area contributed by atoms with E-state index >= 15 is 0 Å². The minimum atomic E-state index is -0.325. The van der Waals surface area contributed by atoms with Crippen LogP contribution in [0, 0.1) is 0 Å². The van der Waals surface area contributed by atoms with Crippen LogP contribution in [0.2, 0.25) is 0 Å². The van der Waals surface area contributed by atoms with Crippen LogP contribution in [-0.4, -0.2) is 25.5 Å². The first-order valence-electron chi connectivity index (χ1n) is 5.90. The Bertz CT molecular complexity index is 310. The van der Waals surface area contributed by atoms with Gasteiger partial charge in [0.15, 0.2) is 6.29 Å². The van der Waals surface area contributed by atoms with E-state index in [-0.39, 0.29) is 12.3 Å². The largest absolute Gasteiger partial charge is 0.351 e. The molecule has 0 aliphatic heterocycles. The second-order valence-corrected chi connectivity index (χ2v) is 4.69. The van der Waals surface area contributed by atoms with E-state index in [1.54, 1.807) is 0 Å². The van der Waals surface area contributed by atoms with Gasteiger partial charge in [-0.2, -0.15) is 0 Å². The summed E-state index contributed by atoms with van der Waals surface area (Å²) in [5, 5.41) is 0. The highest BCUT2D eigenvalue weighted by Crippen LogP contribution is 2.13. The van der Waals surface area contributed by atoms with Crippen LogP contribution in [0.4, 0.5) is 0 Å². The van der Waals surface area contributed by atoms with Gasteiger partial charge in [-0.15, -0.1) is 0 Å². The second-order valence-electron chi connectivity index (χ2n) is 3.77. The summed E-state index contributed by atoms with van der Waals surface area (Å²) in [6, 6.07) is 7.99. The quantitative estimate of drug-likeness (QED) is 0.788. The van der Waals surface area contributed by atoms with Crippen molar-refractivity contribution in [1.82, 2.24) is 0 Å². The average Bonchev–Trinajstić information content (AvgIpc) is 2.32. The number of ether oxygens (including phenoxy) is 2. The van der Waals surface area contributed by atoms with Crippen molar-refractivity contribution in [3.05, 3.63) is 34.3 Å². The van der Waals surface area contributed by atoms with Crippen LogP contribution in [-0.2, 0) is 15.9 Å². The molecule has 1 aromatic rings. The summed E-state index contributed by atoms with van der Waals surface area (Å²) >= 11 is 3.41. The first-order valence-corrected chi connectivity index (χ1v) is 6.69. The Morgan fingerprint density at radius 2 is 1.65 bits per heavy atom. The molecule has 3 nitrogen and oxygen atoms in total. The molecule has 0 amide bonds. The molecule has 0 aliphatic rings. The highest BCUT2D eigenvalue weighted by Gasteiger charge is 2.18. The van der Waals surface area contributed by atoms with E-state index in [0.717, 1.165) is 10.9 Å². The summed E-state index contributed by atoms with van der Waals surface area (Å²) < 4.78 is 12.0. The van der Waals surface area contributed by atoms with Crippen molar-refractivity contribution in [2.75, 3.05) is 13.2 Å². The third kappa shape index (κ3) is 5.17. The first kappa shape index (κ1) is 14.6. The third-order valence-corrected chi connectivity index (χ3v) is 2.92. The van der Waals surface area contributed by atoms with E-state index in [1.807, 2.05) is 26.0 Å². The van der Waals surface area contributed by atoms with Crippen LogP contribution >= 0.6 is 15.9 Å². The fourth-order valence-corrected chi connectivity index (χ4v) is 1.88. The summed E-state index contributed by atoms with van der Waals surface area (Å²) in [6.07, 6.45) is 0.423. The molecule has 4 heteroatoms. The van der Waals surface area contributed by atoms with Gasteiger partial charge in [-0.05, 0) is 38.0 Å². The topological polar surface area (TPSA) is 44.5 Å². The molecular weight excluding hydrogens is 282 g/mol. The Hall–Kier alpha value is -0.420. The lowest BCUT2D eigenvalue weighted by atomic mass is 10.1. The van der Waals surface area contributed by atoms with Crippen LogP contribution in [0.5, 0.6) is 0 Å². The van der Waals surface area contributed by atoms with Crippen molar-refractivity contribution in [2.45, 2.75) is 32.6 Å². The van der Waals surface area contributed by atoms with Crippen LogP contribution < -0.4 is 5.73 Å². The molecule has 0 heterocycles. The minimum absolute atomic E-state index is 0.143. The molecule has 1 rings (SSSR count). The van der Waals surface area contributed by atoms with Gasteiger partial charge in [0.05, 0.1) is 6.04 Å². The highest BCUT2D eigenvalue weighted by molar-refractivity contribution is 9.10. The number of rotatable bonds is 7. The zero-order chi connectivity index (χ0) is 12.7. The van der Waals surface area contributed by atoms with Gasteiger partial charge in [0.1, 0.15) is 0 Å². The summed E-state index contributed by atoms with van der Waals surface area (Å²) in [4.78, 5) is 0. The van der Waals surface area contributed by atoms with Gasteiger partial charge >= 0.3 is 0 Å². The van der Waals surface area contributed by atoms with Gasteiger partial charge in [0.2, 0.25) is 0 Å². The predicted molar refractivity (Wildman–Crippen MR) is 72.9 cm³/mol. The number of hydrogen-bond donors (Lipinski definition) is 1. The Kier molecular flexibility index (Phi) is 6.73. The molecule has 1 atom stereocenters. The SMILES string of the molecule is CCOC(OCC)C(N)Cc1ccc(Br)cc1. The molecule has 0 bridgehead atoms. The zero-order valence-electron chi connectivity index (χ0n) is 10.4. The van der Waals surface area contributed by atoms with Crippen LogP contribution in [0.15, 0.2) is 28.7 Å². The van der Waals surface area contributed by atoms with E-state index in [2.05, 4.69) is 28.1 Å². The van der Waals surface area contributed by atoms with Crippen molar-refractivity contribution < 1.29 is 9.47 Å². The molecule has 2 N–H and O–H groups in total. The van der Waals surface area contributed by atoms with Crippen LogP contribution in [0.1, 0.15) is 19.4 Å². The molecule has 1 aromatic carbocycles. The summed E-state index contributed by atoms with van der Waals surface area (Å²) in [5.41, 5.74) is 7.28. The van der Waals surface area contributed by atoms with E-state index in [0.29, 0.717) is 13.2 Å². The van der Waals surface area contributed by atoms with E-state index in [4.69, 9.17) is 15.2 Å². The van der Waals surface area contributed by atoms with Gasteiger partial charge in [-0.3, -0.25) is 0 Å². The standard InChI is InChI=1S/C13H20BrNO2/c1-3-16-13(17-4-2)12(15)9-10-5-7-11(14)8-6-10/h5-8,12-13H,3-4,9,15H2,1-2H3. The molecular formula is C13H20BrNO2. The maximum atomic E-state index is 6.10. The fraction of sp³-hybridized carbons (Fsp3) is 0.538. The molecule has 0 fully saturated rings. The molecule has 96 valence electrons. The number of halogens is 1. The van der Waals surface area contributed by atoms with Gasteiger partial charge in [0, 0.05) is 17.7 Å². The van der Waals surface area contributed by atoms with E-state index in [9.17, 15) is 0 Å². The fourth-order valence-electron chi connectivity index (χ4n) is 1.61. The van der Waals surface area contributed by atoms with Gasteiger partial charge < -0.3 is 15.2 Å². The Morgan fingerprint density at radius 1 is 1.12 bits per heavy atom. The van der Waals surface area contributed by atoms with Crippen molar-refractivity contribution in [2.24, 2.45) is 5.73 Å². The van der Waals surface area contributed by atoms with Gasteiger partial charge in [0.25, 0.3) is 0 Å². The summed E-state index contributed by atoms with van der Waals surface area (Å²) in [6.45, 7) is 5.11. The summed E-state index contributed by atoms with van der Waals surface area (Å²) in [5.74, 6) is 0. The molecule has 0 aromatic heterocycles. The first-order chi connectivity index (χ1) is 8.17. The highest BCUT2D eigenvalue weighted by atomic mass is 79.9. The lowest BCUT2D eigenvalue weighted by molar-refractivity contribution is -0.148. The number of nitrogens with two attached hydrogens (primary N) is 1. The van der Waals surface area contributed by atoms with Crippen LogP contribution in [0.3, 0.4) is 0 Å². The normalized spacial score (nSPS) is 13.0. The maximum absolute atomic E-state index is 6.10. The lowest BCUT2D eigenvalue weighted by Gasteiger charge is -2.23. The van der Waals surface area contributed by atoms with Gasteiger partial charge in [-0.25, -0.2) is 0 Å². The second kappa shape index (κ2) is 7.82. The number of hydrogen-bond acceptors (Lipinski definition) is 3. The molecule has 1 unspecified atom stereocenters. The molecule has 0 radical (unpaired) electrons. The van der Waals surface area contributed by atoms with E-state index in [1.165, 1.54) is 5.56 Å². The lowest BCUT2D eigenvalue weighted by Crippen LogP contribution is -2.40. The number of benzene rings is 1. The van der Waals surface area contributed by atoms with Gasteiger partial charge in [-0.1, -0.05) is 28.1 Å². The predicted octanol–water partition coefficient (Wildman–Crippen LogP) is 2.72. The molecule has 0 saturated carbocycles. The maximum Gasteiger partial charge on any atom is 0.172 e. The van der Waals surface area contributed by atoms with Crippen molar-refractivity contribution in [3.8, 4) is 0 Å². The van der Waals surface area contributed by atoms with Crippen LogP contribution in [0.25, 0.3) is 0 Å². The van der Waals surface area contributed by atoms with Crippen molar-refractivity contribution >= 4 is 15.9 Å². The van der Waals surface area contributed by atoms with Crippen molar-refractivity contribution in [1.29, 1.82) is 0 Å². The monoisotopic (exact) mass is 301 g/mol. The smallest absolute Gasteiger partial charge is 0.172 e. The summed E-state index contributed by atoms with van der Waals surface area (Å²) in [7, 11) is 0. The Balaban J connectivity index is 2.55. The van der Waals surface area contributed by atoms with Crippen molar-refractivity contribution in [3.63, 3.8) is 0 Å². The van der Waals surface area contributed by atoms with E-state index < -0.39 is 0 Å². The zero-order valence-corrected chi connectivity index (χ0v) is 11.9. The minimum Gasteiger partial charge on any atom is -0.351 e. The molecule has 0 aliphatic carbocycles. The molecule has 0 saturated heterocycles. The third-order valence-electron chi connectivity index (χ3n) is 2.40. The molecule has 17 heavy (non-hydrogen) atoms. The Morgan fingerprint density at radius 3 is 2.12 bits per heavy atom. The molecule has 0 spiro atoms.